The van der Waals surface area contributed by atoms with Crippen LogP contribution in [0.15, 0.2) is 36.7 Å². The van der Waals surface area contributed by atoms with Crippen molar-refractivity contribution in [2.75, 3.05) is 12.4 Å². The minimum Gasteiger partial charge on any atom is -0.338 e. The standard InChI is InChI=1S/C26H35N3O2/c1-25-12-10-21-19(7-9-22-26(21,2)13-11-24(31)29(22)3)20(25)8-6-17(25)15-23(30)28-18-5-4-14-27-16-18/h4-5,11,13-14,16-17,19-22H,6-10,12,15H2,1-3H3,(H,28,30)/t17-,19+,20+,21+,22-,25-,26-/m1/s1. The van der Waals surface area contributed by atoms with Crippen LogP contribution in [0.1, 0.15) is 58.8 Å². The number of rotatable bonds is 3. The quantitative estimate of drug-likeness (QED) is 0.772. The molecule has 1 aromatic rings. The lowest BCUT2D eigenvalue weighted by Crippen LogP contribution is -2.59. The SMILES string of the molecule is CN1C(=O)C=C[C@]2(C)[C@H]3CC[C@]4(C)[C@@H](CC(=O)Nc5cccnc5)CC[C@H]4[C@@H]3CC[C@@H]12. The van der Waals surface area contributed by atoms with Crippen LogP contribution in [0.3, 0.4) is 0 Å². The van der Waals surface area contributed by atoms with Gasteiger partial charge in [-0.25, -0.2) is 0 Å². The molecule has 0 saturated heterocycles. The molecule has 2 heterocycles. The van der Waals surface area contributed by atoms with Gasteiger partial charge < -0.3 is 10.2 Å². The van der Waals surface area contributed by atoms with Gasteiger partial charge in [0.25, 0.3) is 0 Å². The molecule has 2 amide bonds. The number of nitrogens with one attached hydrogen (secondary N) is 1. The van der Waals surface area contributed by atoms with E-state index in [0.717, 1.165) is 18.5 Å². The van der Waals surface area contributed by atoms with E-state index in [1.807, 2.05) is 30.2 Å². The van der Waals surface area contributed by atoms with E-state index in [4.69, 9.17) is 0 Å². The van der Waals surface area contributed by atoms with Crippen molar-refractivity contribution in [2.45, 2.75) is 64.8 Å². The smallest absolute Gasteiger partial charge is 0.246 e. The first-order valence-electron chi connectivity index (χ1n) is 12.0. The molecule has 1 N–H and O–H groups in total. The molecule has 0 aromatic carbocycles. The lowest BCUT2D eigenvalue weighted by atomic mass is 9.47. The van der Waals surface area contributed by atoms with Crippen molar-refractivity contribution in [2.24, 2.45) is 34.5 Å². The van der Waals surface area contributed by atoms with Gasteiger partial charge in [0.05, 0.1) is 11.9 Å². The molecule has 166 valence electrons. The number of anilines is 1. The molecule has 5 rings (SSSR count). The van der Waals surface area contributed by atoms with Crippen LogP contribution in [0.4, 0.5) is 5.69 Å². The molecular formula is C26H35N3O2. The molecule has 0 radical (unpaired) electrons. The first kappa shape index (κ1) is 20.7. The minimum atomic E-state index is 0.0860. The first-order valence-corrected chi connectivity index (χ1v) is 12.0. The van der Waals surface area contributed by atoms with Crippen molar-refractivity contribution in [1.82, 2.24) is 9.88 Å². The van der Waals surface area contributed by atoms with E-state index < -0.39 is 0 Å². The molecule has 5 heteroatoms. The van der Waals surface area contributed by atoms with Crippen molar-refractivity contribution in [3.8, 4) is 0 Å². The van der Waals surface area contributed by atoms with Gasteiger partial charge in [0.15, 0.2) is 0 Å². The fourth-order valence-corrected chi connectivity index (χ4v) is 8.05. The number of fused-ring (bicyclic) bond motifs is 5. The number of nitrogens with zero attached hydrogens (tertiary/aromatic N) is 2. The van der Waals surface area contributed by atoms with Crippen LogP contribution in [-0.4, -0.2) is 34.8 Å². The molecule has 4 aliphatic rings. The van der Waals surface area contributed by atoms with Gasteiger partial charge in [-0.15, -0.1) is 0 Å². The van der Waals surface area contributed by atoms with Gasteiger partial charge in [-0.3, -0.25) is 14.6 Å². The summed E-state index contributed by atoms with van der Waals surface area (Å²) in [6.07, 6.45) is 15.2. The zero-order chi connectivity index (χ0) is 21.8. The summed E-state index contributed by atoms with van der Waals surface area (Å²) >= 11 is 0. The Hall–Kier alpha value is -2.17. The number of hydrogen-bond donors (Lipinski definition) is 1. The normalized spacial score (nSPS) is 41.3. The number of pyridine rings is 1. The van der Waals surface area contributed by atoms with Crippen molar-refractivity contribution < 1.29 is 9.59 Å². The summed E-state index contributed by atoms with van der Waals surface area (Å²) in [4.78, 5) is 31.1. The predicted octanol–water partition coefficient (Wildman–Crippen LogP) is 4.67. The average Bonchev–Trinajstić information content (AvgIpc) is 3.08. The molecule has 3 fully saturated rings. The maximum absolute atomic E-state index is 12.8. The van der Waals surface area contributed by atoms with Crippen LogP contribution < -0.4 is 5.32 Å². The highest BCUT2D eigenvalue weighted by Gasteiger charge is 2.60. The largest absolute Gasteiger partial charge is 0.338 e. The van der Waals surface area contributed by atoms with E-state index in [1.54, 1.807) is 12.4 Å². The van der Waals surface area contributed by atoms with Crippen LogP contribution in [0, 0.1) is 34.5 Å². The monoisotopic (exact) mass is 421 g/mol. The van der Waals surface area contributed by atoms with Gasteiger partial charge >= 0.3 is 0 Å². The van der Waals surface area contributed by atoms with Crippen molar-refractivity contribution in [3.05, 3.63) is 36.7 Å². The van der Waals surface area contributed by atoms with Gasteiger partial charge in [-0.05, 0) is 85.8 Å². The van der Waals surface area contributed by atoms with Crippen molar-refractivity contribution in [1.29, 1.82) is 0 Å². The third kappa shape index (κ3) is 3.23. The Morgan fingerprint density at radius 2 is 2.03 bits per heavy atom. The number of likely N-dealkylation sites (N-methyl/N-ethyl adjacent to an activating group) is 1. The Morgan fingerprint density at radius 3 is 2.81 bits per heavy atom. The van der Waals surface area contributed by atoms with Gasteiger partial charge in [0.2, 0.25) is 11.8 Å². The van der Waals surface area contributed by atoms with Crippen LogP contribution in [0.5, 0.6) is 0 Å². The molecule has 7 atom stereocenters. The van der Waals surface area contributed by atoms with Gasteiger partial charge in [-0.2, -0.15) is 0 Å². The van der Waals surface area contributed by atoms with Crippen molar-refractivity contribution in [3.63, 3.8) is 0 Å². The third-order valence-electron chi connectivity index (χ3n) is 9.70. The summed E-state index contributed by atoms with van der Waals surface area (Å²) in [5.41, 5.74) is 1.12. The van der Waals surface area contributed by atoms with E-state index in [1.165, 1.54) is 25.7 Å². The zero-order valence-electron chi connectivity index (χ0n) is 19.0. The lowest BCUT2D eigenvalue weighted by molar-refractivity contribution is -0.139. The molecule has 31 heavy (non-hydrogen) atoms. The molecule has 0 unspecified atom stereocenters. The fraction of sp³-hybridized carbons (Fsp3) is 0.654. The van der Waals surface area contributed by atoms with Crippen molar-refractivity contribution >= 4 is 17.5 Å². The molecule has 3 saturated carbocycles. The number of carbonyl (C=O) groups is 2. The van der Waals surface area contributed by atoms with Gasteiger partial charge in [-0.1, -0.05) is 19.9 Å². The summed E-state index contributed by atoms with van der Waals surface area (Å²) in [6.45, 7) is 4.86. The summed E-state index contributed by atoms with van der Waals surface area (Å²) in [5, 5.41) is 3.04. The number of hydrogen-bond acceptors (Lipinski definition) is 3. The molecule has 0 spiro atoms. The van der Waals surface area contributed by atoms with E-state index in [9.17, 15) is 9.59 Å². The van der Waals surface area contributed by atoms with Crippen LogP contribution in [0.25, 0.3) is 0 Å². The van der Waals surface area contributed by atoms with Crippen LogP contribution in [-0.2, 0) is 9.59 Å². The Labute approximate surface area is 185 Å². The average molecular weight is 422 g/mol. The molecular weight excluding hydrogens is 386 g/mol. The highest BCUT2D eigenvalue weighted by atomic mass is 16.2. The Balaban J connectivity index is 1.32. The molecule has 0 bridgehead atoms. The Morgan fingerprint density at radius 1 is 1.19 bits per heavy atom. The number of carbonyl (C=O) groups excluding carboxylic acids is 2. The minimum absolute atomic E-state index is 0.0860. The lowest BCUT2D eigenvalue weighted by Gasteiger charge is -2.60. The molecule has 1 aromatic heterocycles. The second-order valence-electron chi connectivity index (χ2n) is 10.9. The maximum Gasteiger partial charge on any atom is 0.246 e. The van der Waals surface area contributed by atoms with E-state index in [0.29, 0.717) is 36.1 Å². The predicted molar refractivity (Wildman–Crippen MR) is 121 cm³/mol. The molecule has 1 aliphatic heterocycles. The molecule has 3 aliphatic carbocycles. The second kappa shape index (κ2) is 7.46. The third-order valence-corrected chi connectivity index (χ3v) is 9.70. The van der Waals surface area contributed by atoms with E-state index in [2.05, 4.69) is 30.2 Å². The molecule has 5 nitrogen and oxygen atoms in total. The highest BCUT2D eigenvalue weighted by Crippen LogP contribution is 2.65. The zero-order valence-corrected chi connectivity index (χ0v) is 19.0. The maximum atomic E-state index is 12.8. The summed E-state index contributed by atoms with van der Waals surface area (Å²) in [7, 11) is 1.98. The Bertz CT molecular complexity index is 899. The topological polar surface area (TPSA) is 62.3 Å². The fourth-order valence-electron chi connectivity index (χ4n) is 8.05. The number of amides is 2. The van der Waals surface area contributed by atoms with Gasteiger partial charge in [0.1, 0.15) is 0 Å². The van der Waals surface area contributed by atoms with E-state index in [-0.39, 0.29) is 22.6 Å². The highest BCUT2D eigenvalue weighted by molar-refractivity contribution is 5.90. The summed E-state index contributed by atoms with van der Waals surface area (Å²) < 4.78 is 0. The first-order chi connectivity index (χ1) is 14.8. The van der Waals surface area contributed by atoms with E-state index >= 15 is 0 Å². The summed E-state index contributed by atoms with van der Waals surface area (Å²) in [6, 6.07) is 4.08. The van der Waals surface area contributed by atoms with Crippen LogP contribution in [0.2, 0.25) is 0 Å². The summed E-state index contributed by atoms with van der Waals surface area (Å²) in [5.74, 6) is 2.76. The number of aromatic nitrogens is 1. The van der Waals surface area contributed by atoms with Gasteiger partial charge in [0, 0.05) is 31.1 Å². The second-order valence-corrected chi connectivity index (χ2v) is 10.9. The van der Waals surface area contributed by atoms with Crippen LogP contribution >= 0.6 is 0 Å². The Kier molecular flexibility index (Phi) is 4.98.